The van der Waals surface area contributed by atoms with Crippen LogP contribution in [-0.4, -0.2) is 60.8 Å². The largest absolute Gasteiger partial charge is 2.00 e. The van der Waals surface area contributed by atoms with Gasteiger partial charge in [0.1, 0.15) is 0 Å². The van der Waals surface area contributed by atoms with Gasteiger partial charge in [-0.25, -0.2) is 0 Å². The predicted octanol–water partition coefficient (Wildman–Crippen LogP) is 0.519. The number of carboxylic acid groups (broad SMARTS) is 2. The Morgan fingerprint density at radius 2 is 0.957 bits per heavy atom. The Kier molecular flexibility index (Phi) is 12.0. The van der Waals surface area contributed by atoms with Crippen LogP contribution in [0.3, 0.4) is 0 Å². The van der Waals surface area contributed by atoms with Gasteiger partial charge in [-0.2, -0.15) is 0 Å². The third-order valence-electron chi connectivity index (χ3n) is 2.42. The first-order valence-electron chi connectivity index (χ1n) is 6.46. The van der Waals surface area contributed by atoms with Gasteiger partial charge in [0.05, 0.1) is 11.9 Å². The van der Waals surface area contributed by atoms with Gasteiger partial charge in [-0.15, -0.1) is 0 Å². The molecule has 0 fully saturated rings. The van der Waals surface area contributed by atoms with Crippen LogP contribution in [-0.2, 0) is 9.59 Å². The van der Waals surface area contributed by atoms with Gasteiger partial charge in [0.2, 0.25) is 0 Å². The predicted molar refractivity (Wildman–Crippen MR) is 86.7 cm³/mol. The van der Waals surface area contributed by atoms with E-state index in [-0.39, 0.29) is 48.9 Å². The zero-order valence-corrected chi connectivity index (χ0v) is 16.9. The Morgan fingerprint density at radius 1 is 0.652 bits per heavy atom. The van der Waals surface area contributed by atoms with E-state index < -0.39 is 11.9 Å². The van der Waals surface area contributed by atoms with E-state index in [1.54, 1.807) is 0 Å². The maximum Gasteiger partial charge on any atom is 2.00 e. The van der Waals surface area contributed by atoms with Crippen molar-refractivity contribution < 1.29 is 19.8 Å². The fraction of sp³-hybridized carbons (Fsp3) is 0. The minimum Gasteiger partial charge on any atom is -0.545 e. The molecule has 0 aromatic heterocycles. The molecule has 2 aromatic carbocycles. The van der Waals surface area contributed by atoms with Crippen LogP contribution < -0.4 is 10.2 Å². The van der Waals surface area contributed by atoms with Gasteiger partial charge in [-0.05, 0) is 23.3 Å². The van der Waals surface area contributed by atoms with E-state index in [9.17, 15) is 19.8 Å². The number of carbonyl (C=O) groups is 2. The van der Waals surface area contributed by atoms with Gasteiger partial charge >= 0.3 is 48.9 Å². The second kappa shape index (κ2) is 12.9. The summed E-state index contributed by atoms with van der Waals surface area (Å²) in [5.74, 6) is -2.34. The number of rotatable bonds is 4. The molecule has 2 aromatic rings. The molecule has 0 aliphatic heterocycles. The molecule has 23 heavy (non-hydrogen) atoms. The van der Waals surface area contributed by atoms with Crippen LogP contribution in [0.2, 0.25) is 0 Å². The van der Waals surface area contributed by atoms with E-state index in [0.29, 0.717) is 0 Å². The number of carboxylic acids is 2. The second-order valence-electron chi connectivity index (χ2n) is 4.13. The maximum absolute atomic E-state index is 9.97. The molecule has 4 nitrogen and oxygen atoms in total. The number of aliphatic carboxylic acids is 2. The Hall–Kier alpha value is -1.57. The van der Waals surface area contributed by atoms with Gasteiger partial charge in [0.25, 0.3) is 0 Å². The Labute approximate surface area is 175 Å². The van der Waals surface area contributed by atoms with Gasteiger partial charge in [0, 0.05) is 0 Å². The molecule has 0 heterocycles. The van der Waals surface area contributed by atoms with Crippen molar-refractivity contribution in [2.45, 2.75) is 0 Å². The molecule has 0 unspecified atom stereocenters. The molecule has 0 N–H and O–H groups in total. The number of hydrogen-bond acceptors (Lipinski definition) is 4. The molecule has 112 valence electrons. The van der Waals surface area contributed by atoms with Crippen molar-refractivity contribution >= 4 is 73.0 Å². The summed E-state index contributed by atoms with van der Waals surface area (Å²) in [5, 5.41) is 19.9. The molecule has 0 saturated carbocycles. The van der Waals surface area contributed by atoms with Crippen LogP contribution in [0.15, 0.2) is 72.8 Å². The van der Waals surface area contributed by atoms with Crippen LogP contribution in [0.5, 0.6) is 0 Å². The van der Waals surface area contributed by atoms with Crippen LogP contribution in [0.1, 0.15) is 11.1 Å². The van der Waals surface area contributed by atoms with E-state index in [1.807, 2.05) is 60.7 Å². The summed E-state index contributed by atoms with van der Waals surface area (Å²) < 4.78 is 0. The van der Waals surface area contributed by atoms with Gasteiger partial charge in [-0.3, -0.25) is 0 Å². The number of carbonyl (C=O) groups excluding carboxylic acids is 2. The third-order valence-corrected chi connectivity index (χ3v) is 2.42. The van der Waals surface area contributed by atoms with E-state index in [1.165, 1.54) is 12.2 Å². The van der Waals surface area contributed by atoms with Gasteiger partial charge in [-0.1, -0.05) is 72.8 Å². The van der Waals surface area contributed by atoms with E-state index in [0.717, 1.165) is 23.3 Å². The molecular weight excluding hydrogens is 418 g/mol. The average molecular weight is 432 g/mol. The SMILES string of the molecule is O=C([O-])/C=C/c1ccccc1.O=C([O-])/C=C/c1ccccc1.[Ba+2]. The first-order valence-corrected chi connectivity index (χ1v) is 6.46. The number of benzene rings is 2. The van der Waals surface area contributed by atoms with E-state index in [4.69, 9.17) is 0 Å². The first kappa shape index (κ1) is 21.4. The van der Waals surface area contributed by atoms with Crippen molar-refractivity contribution in [1.82, 2.24) is 0 Å². The quantitative estimate of drug-likeness (QED) is 0.522. The summed E-state index contributed by atoms with van der Waals surface area (Å²) in [6.45, 7) is 0. The molecule has 0 aliphatic rings. The van der Waals surface area contributed by atoms with Crippen molar-refractivity contribution in [2.24, 2.45) is 0 Å². The molecule has 0 amide bonds. The molecule has 2 rings (SSSR count). The first-order chi connectivity index (χ1) is 10.6. The average Bonchev–Trinajstić information content (AvgIpc) is 2.53. The summed E-state index contributed by atoms with van der Waals surface area (Å²) >= 11 is 0. The monoisotopic (exact) mass is 432 g/mol. The summed E-state index contributed by atoms with van der Waals surface area (Å²) in [6.07, 6.45) is 5.01. The van der Waals surface area contributed by atoms with Crippen molar-refractivity contribution in [1.29, 1.82) is 0 Å². The summed E-state index contributed by atoms with van der Waals surface area (Å²) in [7, 11) is 0. The second-order valence-corrected chi connectivity index (χ2v) is 4.13. The van der Waals surface area contributed by atoms with E-state index in [2.05, 4.69) is 0 Å². The van der Waals surface area contributed by atoms with E-state index >= 15 is 0 Å². The third kappa shape index (κ3) is 11.6. The molecule has 5 heteroatoms. The summed E-state index contributed by atoms with van der Waals surface area (Å²) in [5.41, 5.74) is 1.72. The molecule has 0 aliphatic carbocycles. The topological polar surface area (TPSA) is 80.3 Å². The maximum atomic E-state index is 9.97. The Morgan fingerprint density at radius 3 is 1.22 bits per heavy atom. The Bertz CT molecular complexity index is 590. The van der Waals surface area contributed by atoms with Crippen LogP contribution in [0.25, 0.3) is 12.2 Å². The molecular formula is C18H14BaO4. The molecule has 0 spiro atoms. The molecule has 0 radical (unpaired) electrons. The van der Waals surface area contributed by atoms with Gasteiger partial charge < -0.3 is 19.8 Å². The van der Waals surface area contributed by atoms with Crippen molar-refractivity contribution in [2.75, 3.05) is 0 Å². The minimum absolute atomic E-state index is 0. The van der Waals surface area contributed by atoms with Crippen molar-refractivity contribution in [3.05, 3.63) is 83.9 Å². The summed E-state index contributed by atoms with van der Waals surface area (Å²) in [4.78, 5) is 19.9. The minimum atomic E-state index is -1.17. The summed E-state index contributed by atoms with van der Waals surface area (Å²) in [6, 6.07) is 18.4. The van der Waals surface area contributed by atoms with Crippen LogP contribution in [0, 0.1) is 0 Å². The fourth-order valence-electron chi connectivity index (χ4n) is 1.46. The van der Waals surface area contributed by atoms with Crippen molar-refractivity contribution in [3.63, 3.8) is 0 Å². The molecule has 0 atom stereocenters. The van der Waals surface area contributed by atoms with Crippen LogP contribution >= 0.6 is 0 Å². The molecule has 0 bridgehead atoms. The smallest absolute Gasteiger partial charge is 0.545 e. The molecule has 0 saturated heterocycles. The Balaban J connectivity index is 0.000000403. The van der Waals surface area contributed by atoms with Gasteiger partial charge in [0.15, 0.2) is 0 Å². The standard InChI is InChI=1S/2C9H8O2.Ba/c2*10-9(11)7-6-8-4-2-1-3-5-8;/h2*1-7H,(H,10,11);/q;;+2/p-2/b2*7-6+;. The van der Waals surface area contributed by atoms with Crippen LogP contribution in [0.4, 0.5) is 0 Å². The zero-order chi connectivity index (χ0) is 16.2. The van der Waals surface area contributed by atoms with Crippen molar-refractivity contribution in [3.8, 4) is 0 Å². The fourth-order valence-corrected chi connectivity index (χ4v) is 1.46. The normalized spacial score (nSPS) is 9.74. The zero-order valence-electron chi connectivity index (χ0n) is 12.4. The number of hydrogen-bond donors (Lipinski definition) is 0.